The molecule has 1 fully saturated rings. The number of hydrogen-bond donors (Lipinski definition) is 0. The van der Waals surface area contributed by atoms with E-state index in [1.165, 1.54) is 0 Å². The molecule has 1 saturated heterocycles. The highest BCUT2D eigenvalue weighted by molar-refractivity contribution is 7.45. The zero-order valence-electron chi connectivity index (χ0n) is 19.5. The zero-order valence-corrected chi connectivity index (χ0v) is 20.4. The van der Waals surface area contributed by atoms with E-state index in [0.717, 1.165) is 6.54 Å². The number of phosphoric ester groups is 1. The lowest BCUT2D eigenvalue weighted by Gasteiger charge is -2.33. The third-order valence-corrected chi connectivity index (χ3v) is 6.29. The average molecular weight is 466 g/mol. The maximum absolute atomic E-state index is 12.6. The third-order valence-electron chi connectivity index (χ3n) is 5.29. The minimum absolute atomic E-state index is 0.0170. The van der Waals surface area contributed by atoms with Crippen LogP contribution in [0.15, 0.2) is 0 Å². The van der Waals surface area contributed by atoms with Gasteiger partial charge in [-0.1, -0.05) is 13.8 Å². The van der Waals surface area contributed by atoms with Crippen LogP contribution in [0, 0.1) is 10.8 Å². The number of esters is 2. The summed E-state index contributed by atoms with van der Waals surface area (Å²) in [5.74, 6) is -0.937. The highest BCUT2D eigenvalue weighted by atomic mass is 31.2. The van der Waals surface area contributed by atoms with Crippen molar-refractivity contribution in [2.24, 2.45) is 10.8 Å². The molecule has 3 unspecified atom stereocenters. The lowest BCUT2D eigenvalue weighted by molar-refractivity contribution is -0.226. The van der Waals surface area contributed by atoms with E-state index in [1.54, 1.807) is 20.8 Å². The lowest BCUT2D eigenvalue weighted by atomic mass is 9.72. The van der Waals surface area contributed by atoms with Gasteiger partial charge in [0.1, 0.15) is 19.3 Å². The number of nitrogens with zero attached hydrogens (tertiary/aromatic N) is 1. The number of carbonyl (C=O) groups excluding carboxylic acids is 2. The maximum Gasteiger partial charge on any atom is 0.311 e. The first-order chi connectivity index (χ1) is 14.3. The van der Waals surface area contributed by atoms with Crippen LogP contribution < -0.4 is 4.89 Å². The van der Waals surface area contributed by atoms with E-state index < -0.39 is 30.6 Å². The summed E-state index contributed by atoms with van der Waals surface area (Å²) in [6.45, 7) is 10.3. The fourth-order valence-corrected chi connectivity index (χ4v) is 3.56. The maximum atomic E-state index is 12.6. The van der Waals surface area contributed by atoms with Crippen molar-refractivity contribution in [2.75, 3.05) is 53.2 Å². The second kappa shape index (κ2) is 12.3. The molecule has 182 valence electrons. The molecule has 0 aromatic rings. The summed E-state index contributed by atoms with van der Waals surface area (Å²) in [5, 5.41) is 0. The van der Waals surface area contributed by atoms with Crippen LogP contribution in [0.2, 0.25) is 0 Å². The smallest absolute Gasteiger partial charge is 0.311 e. The molecule has 0 saturated carbocycles. The van der Waals surface area contributed by atoms with Gasteiger partial charge in [-0.25, -0.2) is 0 Å². The van der Waals surface area contributed by atoms with Gasteiger partial charge in [-0.3, -0.25) is 14.2 Å². The fraction of sp³-hybridized carbons (Fsp3) is 0.900. The van der Waals surface area contributed by atoms with Crippen molar-refractivity contribution in [1.29, 1.82) is 0 Å². The third kappa shape index (κ3) is 10.4. The van der Waals surface area contributed by atoms with Gasteiger partial charge in [0, 0.05) is 6.54 Å². The average Bonchev–Trinajstić information content (AvgIpc) is 3.52. The van der Waals surface area contributed by atoms with Crippen LogP contribution in [0.5, 0.6) is 0 Å². The molecule has 1 rings (SSSR count). The van der Waals surface area contributed by atoms with E-state index in [9.17, 15) is 19.0 Å². The number of hydrogen-bond acceptors (Lipinski definition) is 10. The molecule has 0 N–H and O–H groups in total. The van der Waals surface area contributed by atoms with E-state index in [0.29, 0.717) is 19.6 Å². The Morgan fingerprint density at radius 2 is 1.71 bits per heavy atom. The Labute approximate surface area is 185 Å². The molecular formula is C20H37NO9P-. The van der Waals surface area contributed by atoms with Gasteiger partial charge in [-0.05, 0) is 47.2 Å². The second-order valence-corrected chi connectivity index (χ2v) is 10.1. The summed E-state index contributed by atoms with van der Waals surface area (Å²) in [4.78, 5) is 38.7. The molecule has 0 spiro atoms. The van der Waals surface area contributed by atoms with Crippen LogP contribution in [0.1, 0.15) is 47.5 Å². The molecule has 1 aliphatic rings. The molecule has 1 aliphatic heterocycles. The van der Waals surface area contributed by atoms with E-state index in [2.05, 4.69) is 0 Å². The topological polar surface area (TPSA) is 127 Å². The van der Waals surface area contributed by atoms with Crippen LogP contribution in [-0.4, -0.2) is 76.1 Å². The largest absolute Gasteiger partial charge is 0.756 e. The molecule has 3 atom stereocenters. The highest BCUT2D eigenvalue weighted by Gasteiger charge is 2.43. The first-order valence-corrected chi connectivity index (χ1v) is 12.1. The predicted octanol–water partition coefficient (Wildman–Crippen LogP) is 1.76. The van der Waals surface area contributed by atoms with Gasteiger partial charge < -0.3 is 33.1 Å². The normalized spacial score (nSPS) is 20.1. The van der Waals surface area contributed by atoms with E-state index in [-0.39, 0.29) is 39.0 Å². The molecule has 1 heterocycles. The summed E-state index contributed by atoms with van der Waals surface area (Å²) >= 11 is 0. The molecule has 0 amide bonds. The Morgan fingerprint density at radius 1 is 1.10 bits per heavy atom. The Bertz CT molecular complexity index is 638. The molecule has 0 bridgehead atoms. The van der Waals surface area contributed by atoms with Gasteiger partial charge in [-0.15, -0.1) is 0 Å². The number of likely N-dealkylation sites (N-methyl/N-ethyl adjacent to an activating group) is 1. The van der Waals surface area contributed by atoms with Gasteiger partial charge >= 0.3 is 11.9 Å². The SMILES string of the molecule is CCN(C)CCOP(=O)([O-])OCCOC(=O)C(C)(CC)CC(C)(C)C(=O)OCC1CO1. The lowest BCUT2D eigenvalue weighted by Crippen LogP contribution is -2.39. The zero-order chi connectivity index (χ0) is 23.7. The Kier molecular flexibility index (Phi) is 11.1. The van der Waals surface area contributed by atoms with E-state index in [1.807, 2.05) is 25.8 Å². The van der Waals surface area contributed by atoms with Crippen molar-refractivity contribution in [3.63, 3.8) is 0 Å². The number of rotatable bonds is 16. The molecule has 0 aromatic carbocycles. The second-order valence-electron chi connectivity index (χ2n) is 8.67. The predicted molar refractivity (Wildman–Crippen MR) is 111 cm³/mol. The summed E-state index contributed by atoms with van der Waals surface area (Å²) in [6, 6.07) is 0. The van der Waals surface area contributed by atoms with Gasteiger partial charge in [-0.2, -0.15) is 0 Å². The molecule has 31 heavy (non-hydrogen) atoms. The summed E-state index contributed by atoms with van der Waals surface area (Å²) in [7, 11) is -2.62. The van der Waals surface area contributed by atoms with E-state index >= 15 is 0 Å². The van der Waals surface area contributed by atoms with Crippen LogP contribution in [0.25, 0.3) is 0 Å². The Hall–Kier alpha value is -1.03. The summed E-state index contributed by atoms with van der Waals surface area (Å²) in [5.41, 5.74) is -1.85. The van der Waals surface area contributed by atoms with Crippen molar-refractivity contribution in [2.45, 2.75) is 53.6 Å². The van der Waals surface area contributed by atoms with Crippen LogP contribution >= 0.6 is 7.82 Å². The van der Waals surface area contributed by atoms with Crippen LogP contribution in [0.3, 0.4) is 0 Å². The monoisotopic (exact) mass is 466 g/mol. The van der Waals surface area contributed by atoms with Crippen molar-refractivity contribution in [3.05, 3.63) is 0 Å². The Balaban J connectivity index is 2.44. The van der Waals surface area contributed by atoms with Crippen LogP contribution in [-0.2, 0) is 37.4 Å². The van der Waals surface area contributed by atoms with Crippen LogP contribution in [0.4, 0.5) is 0 Å². The molecule has 0 radical (unpaired) electrons. The highest BCUT2D eigenvalue weighted by Crippen LogP contribution is 2.39. The number of phosphoric acid groups is 1. The molecule has 11 heteroatoms. The molecular weight excluding hydrogens is 429 g/mol. The molecule has 10 nitrogen and oxygen atoms in total. The van der Waals surface area contributed by atoms with Gasteiger partial charge in [0.15, 0.2) is 0 Å². The first kappa shape index (κ1) is 28.0. The quantitative estimate of drug-likeness (QED) is 0.144. The van der Waals surface area contributed by atoms with Crippen molar-refractivity contribution < 1.29 is 42.3 Å². The van der Waals surface area contributed by atoms with Crippen molar-refractivity contribution in [1.82, 2.24) is 4.90 Å². The van der Waals surface area contributed by atoms with Crippen molar-refractivity contribution in [3.8, 4) is 0 Å². The molecule has 0 aliphatic carbocycles. The minimum Gasteiger partial charge on any atom is -0.756 e. The van der Waals surface area contributed by atoms with Gasteiger partial charge in [0.05, 0.1) is 30.7 Å². The summed E-state index contributed by atoms with van der Waals surface area (Å²) in [6.07, 6.45) is 0.619. The standard InChI is InChI=1S/C20H38NO9P/c1-7-20(5,15-19(3,4)17(22)28-14-16-13-27-16)18(23)26-11-12-30-31(24,25)29-10-9-21(6)8-2/h16H,7-15H2,1-6H3,(H,24,25)/p-1. The molecule has 0 aromatic heterocycles. The first-order valence-electron chi connectivity index (χ1n) is 10.6. The van der Waals surface area contributed by atoms with Crippen molar-refractivity contribution >= 4 is 19.8 Å². The number of epoxide rings is 1. The number of ether oxygens (including phenoxy) is 3. The summed E-state index contributed by atoms with van der Waals surface area (Å²) < 4.78 is 36.8. The van der Waals surface area contributed by atoms with Gasteiger partial charge in [0.2, 0.25) is 0 Å². The Morgan fingerprint density at radius 3 is 2.26 bits per heavy atom. The van der Waals surface area contributed by atoms with E-state index in [4.69, 9.17) is 23.3 Å². The minimum atomic E-state index is -4.46. The number of carbonyl (C=O) groups is 2. The fourth-order valence-electron chi connectivity index (χ4n) is 2.88. The van der Waals surface area contributed by atoms with Gasteiger partial charge in [0.25, 0.3) is 7.82 Å².